The van der Waals surface area contributed by atoms with Crippen LogP contribution in [0, 0.1) is 0 Å². The van der Waals surface area contributed by atoms with Crippen LogP contribution in [0.3, 0.4) is 0 Å². The van der Waals surface area contributed by atoms with E-state index in [0.29, 0.717) is 0 Å². The Kier molecular flexibility index (Phi) is 3.11. The monoisotopic (exact) mass is 230 g/mol. The highest BCUT2D eigenvalue weighted by Crippen LogP contribution is 2.48. The normalized spacial score (nSPS) is 22.0. The Labute approximate surface area is 99.5 Å². The highest BCUT2D eigenvalue weighted by Gasteiger charge is 2.25. The van der Waals surface area contributed by atoms with Gasteiger partial charge in [-0.3, -0.25) is 0 Å². The lowest BCUT2D eigenvalue weighted by Crippen LogP contribution is -2.02. The number of hydrogen-bond acceptors (Lipinski definition) is 0. The van der Waals surface area contributed by atoms with E-state index in [-0.39, 0.29) is 7.92 Å². The van der Waals surface area contributed by atoms with E-state index in [1.54, 1.807) is 5.30 Å². The molecule has 1 aliphatic carbocycles. The molecule has 0 atom stereocenters. The molecule has 0 radical (unpaired) electrons. The molecule has 0 unspecified atom stereocenters. The van der Waals surface area contributed by atoms with Gasteiger partial charge in [0.25, 0.3) is 0 Å². The molecule has 1 aromatic rings. The Morgan fingerprint density at radius 1 is 0.750 bits per heavy atom. The summed E-state index contributed by atoms with van der Waals surface area (Å²) in [6.45, 7) is 0. The van der Waals surface area contributed by atoms with Crippen molar-refractivity contribution in [2.75, 3.05) is 12.3 Å². The SMILES string of the molecule is c1ccc(P2CC3=C(CCCCC3)C2)cc1. The first-order valence-electron chi connectivity index (χ1n) is 6.43. The lowest BCUT2D eigenvalue weighted by atomic mass is 10.1. The molecule has 3 rings (SSSR count). The molecule has 0 nitrogen and oxygen atoms in total. The molecule has 0 bridgehead atoms. The Morgan fingerprint density at radius 3 is 2.00 bits per heavy atom. The number of rotatable bonds is 1. The molecule has 0 N–H and O–H groups in total. The smallest absolute Gasteiger partial charge is 0.00684 e. The summed E-state index contributed by atoms with van der Waals surface area (Å²) in [5.41, 5.74) is 3.68. The molecular formula is C15H19P. The summed E-state index contributed by atoms with van der Waals surface area (Å²) in [5, 5.41) is 1.62. The van der Waals surface area contributed by atoms with Gasteiger partial charge in [-0.15, -0.1) is 0 Å². The van der Waals surface area contributed by atoms with Gasteiger partial charge in [-0.2, -0.15) is 0 Å². The average Bonchev–Trinajstić information content (AvgIpc) is 2.62. The summed E-state index contributed by atoms with van der Waals surface area (Å²) in [7, 11) is 0.124. The first-order valence-corrected chi connectivity index (χ1v) is 8.14. The zero-order chi connectivity index (χ0) is 10.8. The minimum absolute atomic E-state index is 0.124. The van der Waals surface area contributed by atoms with Gasteiger partial charge in [-0.25, -0.2) is 0 Å². The van der Waals surface area contributed by atoms with E-state index >= 15 is 0 Å². The van der Waals surface area contributed by atoms with E-state index in [2.05, 4.69) is 30.3 Å². The highest BCUT2D eigenvalue weighted by molar-refractivity contribution is 7.66. The van der Waals surface area contributed by atoms with Gasteiger partial charge in [-0.1, -0.05) is 55.8 Å². The Morgan fingerprint density at radius 2 is 1.38 bits per heavy atom. The summed E-state index contributed by atoms with van der Waals surface area (Å²) >= 11 is 0. The zero-order valence-electron chi connectivity index (χ0n) is 9.78. The maximum Gasteiger partial charge on any atom is -0.00684 e. The lowest BCUT2D eigenvalue weighted by Gasteiger charge is -2.12. The summed E-state index contributed by atoms with van der Waals surface area (Å²) in [5.74, 6) is 0. The average molecular weight is 230 g/mol. The summed E-state index contributed by atoms with van der Waals surface area (Å²) in [6.07, 6.45) is 9.97. The Hall–Kier alpha value is -0.610. The van der Waals surface area contributed by atoms with Gasteiger partial charge in [0.1, 0.15) is 0 Å². The molecule has 0 amide bonds. The third-order valence-corrected chi connectivity index (χ3v) is 6.40. The summed E-state index contributed by atoms with van der Waals surface area (Å²) in [4.78, 5) is 0. The van der Waals surface area contributed by atoms with Crippen molar-refractivity contribution in [3.05, 3.63) is 41.5 Å². The molecule has 1 heteroatoms. The van der Waals surface area contributed by atoms with Gasteiger partial charge >= 0.3 is 0 Å². The van der Waals surface area contributed by atoms with Crippen LogP contribution in [-0.2, 0) is 0 Å². The maximum atomic E-state index is 2.33. The topological polar surface area (TPSA) is 0 Å². The fourth-order valence-electron chi connectivity index (χ4n) is 2.93. The summed E-state index contributed by atoms with van der Waals surface area (Å²) < 4.78 is 0. The van der Waals surface area contributed by atoms with Gasteiger partial charge in [-0.05, 0) is 43.3 Å². The van der Waals surface area contributed by atoms with E-state index in [9.17, 15) is 0 Å². The largest absolute Gasteiger partial charge is 0.0670 e. The quantitative estimate of drug-likeness (QED) is 0.504. The van der Waals surface area contributed by atoms with E-state index in [4.69, 9.17) is 0 Å². The Balaban J connectivity index is 1.76. The minimum Gasteiger partial charge on any atom is -0.0670 e. The molecule has 1 aromatic carbocycles. The van der Waals surface area contributed by atoms with Crippen molar-refractivity contribution in [3.63, 3.8) is 0 Å². The van der Waals surface area contributed by atoms with Gasteiger partial charge in [0.2, 0.25) is 0 Å². The highest BCUT2D eigenvalue weighted by atomic mass is 31.1. The van der Waals surface area contributed by atoms with E-state index < -0.39 is 0 Å². The van der Waals surface area contributed by atoms with Crippen molar-refractivity contribution >= 4 is 13.2 Å². The number of hydrogen-bond donors (Lipinski definition) is 0. The predicted molar refractivity (Wildman–Crippen MR) is 72.8 cm³/mol. The van der Waals surface area contributed by atoms with Crippen molar-refractivity contribution in [1.82, 2.24) is 0 Å². The zero-order valence-corrected chi connectivity index (χ0v) is 10.7. The second-order valence-corrected chi connectivity index (χ2v) is 7.19. The van der Waals surface area contributed by atoms with Crippen molar-refractivity contribution in [2.45, 2.75) is 32.1 Å². The molecule has 0 spiro atoms. The Bertz CT molecular complexity index is 373. The number of allylic oxidation sites excluding steroid dienone is 2. The molecule has 0 saturated carbocycles. The van der Waals surface area contributed by atoms with Crippen LogP contribution in [0.1, 0.15) is 32.1 Å². The van der Waals surface area contributed by atoms with Crippen molar-refractivity contribution in [3.8, 4) is 0 Å². The predicted octanol–water partition coefficient (Wildman–Crippen LogP) is 4.07. The molecule has 16 heavy (non-hydrogen) atoms. The van der Waals surface area contributed by atoms with Crippen molar-refractivity contribution < 1.29 is 0 Å². The van der Waals surface area contributed by atoms with Crippen LogP contribution in [0.15, 0.2) is 41.5 Å². The molecule has 1 aliphatic heterocycles. The molecule has 0 fully saturated rings. The fraction of sp³-hybridized carbons (Fsp3) is 0.467. The second kappa shape index (κ2) is 4.72. The van der Waals surface area contributed by atoms with E-state index in [0.717, 1.165) is 0 Å². The standard InChI is InChI=1S/C15H19P/c1-3-7-13-11-16(12-14(13)8-4-1)15-9-5-2-6-10-15/h2,5-6,9-10H,1,3-4,7-8,11-12H2. The molecule has 0 saturated heterocycles. The van der Waals surface area contributed by atoms with Crippen molar-refractivity contribution in [1.29, 1.82) is 0 Å². The fourth-order valence-corrected chi connectivity index (χ4v) is 5.68. The maximum absolute atomic E-state index is 2.33. The van der Waals surface area contributed by atoms with Crippen LogP contribution < -0.4 is 5.30 Å². The molecule has 2 aliphatic rings. The second-order valence-electron chi connectivity index (χ2n) is 4.96. The molecule has 84 valence electrons. The third kappa shape index (κ3) is 2.09. The van der Waals surface area contributed by atoms with Crippen LogP contribution >= 0.6 is 7.92 Å². The van der Waals surface area contributed by atoms with Gasteiger partial charge < -0.3 is 0 Å². The first kappa shape index (κ1) is 10.5. The number of benzene rings is 1. The van der Waals surface area contributed by atoms with Crippen LogP contribution in [0.5, 0.6) is 0 Å². The van der Waals surface area contributed by atoms with Crippen LogP contribution in [0.25, 0.3) is 0 Å². The van der Waals surface area contributed by atoms with Crippen LogP contribution in [0.4, 0.5) is 0 Å². The minimum atomic E-state index is 0.124. The molecule has 1 heterocycles. The van der Waals surface area contributed by atoms with Gasteiger partial charge in [0.05, 0.1) is 0 Å². The van der Waals surface area contributed by atoms with Crippen LogP contribution in [-0.4, -0.2) is 12.3 Å². The van der Waals surface area contributed by atoms with Crippen LogP contribution in [0.2, 0.25) is 0 Å². The lowest BCUT2D eigenvalue weighted by molar-refractivity contribution is 0.705. The molecule has 0 aromatic heterocycles. The summed E-state index contributed by atoms with van der Waals surface area (Å²) in [6, 6.07) is 11.2. The first-order chi connectivity index (χ1) is 7.93. The van der Waals surface area contributed by atoms with Gasteiger partial charge in [0, 0.05) is 0 Å². The van der Waals surface area contributed by atoms with E-state index in [1.807, 2.05) is 11.1 Å². The van der Waals surface area contributed by atoms with Gasteiger partial charge in [0.15, 0.2) is 0 Å². The van der Waals surface area contributed by atoms with Crippen molar-refractivity contribution in [2.24, 2.45) is 0 Å². The molecular weight excluding hydrogens is 211 g/mol. The third-order valence-electron chi connectivity index (χ3n) is 3.84. The van der Waals surface area contributed by atoms with E-state index in [1.165, 1.54) is 44.4 Å².